The fourth-order valence-electron chi connectivity index (χ4n) is 2.86. The van der Waals surface area contributed by atoms with Crippen LogP contribution in [0.3, 0.4) is 0 Å². The molecule has 0 bridgehead atoms. The minimum atomic E-state index is -1.13. The molecule has 0 aliphatic carbocycles. The Balaban J connectivity index is 2.21. The summed E-state index contributed by atoms with van der Waals surface area (Å²) in [4.78, 5) is 14.3. The molecule has 0 aromatic heterocycles. The number of aliphatic hydroxyl groups excluding tert-OH is 2. The van der Waals surface area contributed by atoms with Crippen LogP contribution >= 0.6 is 0 Å². The molecule has 5 heteroatoms. The van der Waals surface area contributed by atoms with Crippen molar-refractivity contribution in [2.24, 2.45) is 0 Å². The van der Waals surface area contributed by atoms with Crippen molar-refractivity contribution < 1.29 is 19.7 Å². The summed E-state index contributed by atoms with van der Waals surface area (Å²) < 4.78 is 5.54. The lowest BCUT2D eigenvalue weighted by Gasteiger charge is -2.28. The molecule has 2 aromatic rings. The van der Waals surface area contributed by atoms with E-state index < -0.39 is 23.9 Å². The molecule has 0 saturated heterocycles. The van der Waals surface area contributed by atoms with E-state index >= 15 is 0 Å². The fourth-order valence-corrected chi connectivity index (χ4v) is 2.86. The van der Waals surface area contributed by atoms with Gasteiger partial charge in [0.15, 0.2) is 0 Å². The van der Waals surface area contributed by atoms with Crippen LogP contribution in [0.25, 0.3) is 0 Å². The zero-order valence-corrected chi connectivity index (χ0v) is 13.9. The molecular formula is C19H21NO4. The molecule has 1 aliphatic heterocycles. The molecule has 3 rings (SSSR count). The van der Waals surface area contributed by atoms with Crippen molar-refractivity contribution in [3.8, 4) is 0 Å². The standard InChI is InChI=1S/C19H21NO4/c1-19(2,3)24-18(23)20-14-10-6-4-8-12(14)16(21)17(22)13-9-5-7-11-15(13)20/h4-11,16-17,21-22H,1-3H3/t16-,17+. The third kappa shape index (κ3) is 2.88. The van der Waals surface area contributed by atoms with E-state index in [0.717, 1.165) is 0 Å². The summed E-state index contributed by atoms with van der Waals surface area (Å²) in [5.74, 6) is 0. The van der Waals surface area contributed by atoms with Crippen LogP contribution in [0.15, 0.2) is 48.5 Å². The molecule has 0 fully saturated rings. The molecule has 126 valence electrons. The largest absolute Gasteiger partial charge is 0.443 e. The van der Waals surface area contributed by atoms with Gasteiger partial charge in [-0.1, -0.05) is 36.4 Å². The van der Waals surface area contributed by atoms with E-state index in [2.05, 4.69) is 0 Å². The van der Waals surface area contributed by atoms with Crippen LogP contribution in [-0.2, 0) is 4.74 Å². The monoisotopic (exact) mass is 327 g/mol. The predicted octanol–water partition coefficient (Wildman–Crippen LogP) is 3.84. The summed E-state index contributed by atoms with van der Waals surface area (Å²) >= 11 is 0. The van der Waals surface area contributed by atoms with Crippen LogP contribution < -0.4 is 4.90 Å². The number of carbonyl (C=O) groups excluding carboxylic acids is 1. The van der Waals surface area contributed by atoms with Gasteiger partial charge < -0.3 is 14.9 Å². The maximum absolute atomic E-state index is 12.8. The number of amides is 1. The molecule has 0 radical (unpaired) electrons. The zero-order chi connectivity index (χ0) is 17.5. The maximum atomic E-state index is 12.8. The summed E-state index contributed by atoms with van der Waals surface area (Å²) in [6, 6.07) is 14.0. The highest BCUT2D eigenvalue weighted by Gasteiger charge is 2.36. The second-order valence-corrected chi connectivity index (χ2v) is 6.82. The molecule has 24 heavy (non-hydrogen) atoms. The second-order valence-electron chi connectivity index (χ2n) is 6.82. The fraction of sp³-hybridized carbons (Fsp3) is 0.316. The third-order valence-corrected chi connectivity index (χ3v) is 3.87. The summed E-state index contributed by atoms with van der Waals surface area (Å²) in [5.41, 5.74) is 1.30. The lowest BCUT2D eigenvalue weighted by atomic mass is 9.99. The van der Waals surface area contributed by atoms with E-state index in [1.54, 1.807) is 69.3 Å². The van der Waals surface area contributed by atoms with Gasteiger partial charge in [0.1, 0.15) is 17.8 Å². The van der Waals surface area contributed by atoms with Crippen molar-refractivity contribution in [3.05, 3.63) is 59.7 Å². The summed E-state index contributed by atoms with van der Waals surface area (Å²) in [6.07, 6.45) is -2.81. The van der Waals surface area contributed by atoms with Gasteiger partial charge >= 0.3 is 6.09 Å². The van der Waals surface area contributed by atoms with E-state index in [-0.39, 0.29) is 0 Å². The van der Waals surface area contributed by atoms with Crippen molar-refractivity contribution in [1.82, 2.24) is 0 Å². The first kappa shape index (κ1) is 16.5. The van der Waals surface area contributed by atoms with Crippen molar-refractivity contribution in [2.45, 2.75) is 38.6 Å². The Labute approximate surface area is 141 Å². The lowest BCUT2D eigenvalue weighted by Crippen LogP contribution is -2.34. The molecule has 0 spiro atoms. The van der Waals surface area contributed by atoms with Crippen LogP contribution in [0, 0.1) is 0 Å². The van der Waals surface area contributed by atoms with Gasteiger partial charge in [0.25, 0.3) is 0 Å². The molecule has 0 saturated carbocycles. The Kier molecular flexibility index (Phi) is 4.07. The average Bonchev–Trinajstić information content (AvgIpc) is 2.61. The van der Waals surface area contributed by atoms with E-state index in [0.29, 0.717) is 22.5 Å². The second kappa shape index (κ2) is 5.92. The zero-order valence-electron chi connectivity index (χ0n) is 13.9. The molecule has 1 aliphatic rings. The third-order valence-electron chi connectivity index (χ3n) is 3.87. The molecule has 2 N–H and O–H groups in total. The highest BCUT2D eigenvalue weighted by Crippen LogP contribution is 2.45. The quantitative estimate of drug-likeness (QED) is 0.771. The predicted molar refractivity (Wildman–Crippen MR) is 91.2 cm³/mol. The van der Waals surface area contributed by atoms with E-state index in [4.69, 9.17) is 4.74 Å². The van der Waals surface area contributed by atoms with Gasteiger partial charge in [0, 0.05) is 11.1 Å². The number of anilines is 2. The van der Waals surface area contributed by atoms with Crippen LogP contribution in [0.4, 0.5) is 16.2 Å². The van der Waals surface area contributed by atoms with Gasteiger partial charge in [-0.25, -0.2) is 9.69 Å². The number of rotatable bonds is 0. The van der Waals surface area contributed by atoms with Gasteiger partial charge in [-0.15, -0.1) is 0 Å². The first-order valence-electron chi connectivity index (χ1n) is 7.86. The SMILES string of the molecule is CC(C)(C)OC(=O)N1c2ccccc2[C@@H](O)[C@@H](O)c2ccccc21. The first-order chi connectivity index (χ1) is 11.3. The van der Waals surface area contributed by atoms with Crippen LogP contribution in [0.1, 0.15) is 44.1 Å². The van der Waals surface area contributed by atoms with Gasteiger partial charge in [-0.3, -0.25) is 0 Å². The van der Waals surface area contributed by atoms with Crippen LogP contribution in [0.5, 0.6) is 0 Å². The Bertz CT molecular complexity index is 714. The molecule has 2 aromatic carbocycles. The van der Waals surface area contributed by atoms with Crippen molar-refractivity contribution in [1.29, 1.82) is 0 Å². The topological polar surface area (TPSA) is 70.0 Å². The number of ether oxygens (including phenoxy) is 1. The van der Waals surface area contributed by atoms with Crippen LogP contribution in [0.2, 0.25) is 0 Å². The molecule has 5 nitrogen and oxygen atoms in total. The van der Waals surface area contributed by atoms with Crippen LogP contribution in [-0.4, -0.2) is 21.9 Å². The molecule has 2 atom stereocenters. The minimum absolute atomic E-state index is 0.479. The van der Waals surface area contributed by atoms with Crippen molar-refractivity contribution >= 4 is 17.5 Å². The number of fused-ring (bicyclic) bond motifs is 2. The lowest BCUT2D eigenvalue weighted by molar-refractivity contribution is 0.0188. The van der Waals surface area contributed by atoms with Crippen molar-refractivity contribution in [2.75, 3.05) is 4.90 Å². The molecular weight excluding hydrogens is 306 g/mol. The van der Waals surface area contributed by atoms with Gasteiger partial charge in [0.05, 0.1) is 11.4 Å². The number of para-hydroxylation sites is 2. The molecule has 1 amide bonds. The summed E-state index contributed by atoms with van der Waals surface area (Å²) in [5, 5.41) is 21.1. The number of aliphatic hydroxyl groups is 2. The number of hydrogen-bond acceptors (Lipinski definition) is 4. The minimum Gasteiger partial charge on any atom is -0.443 e. The van der Waals surface area contributed by atoms with E-state index in [1.165, 1.54) is 4.90 Å². The number of nitrogens with zero attached hydrogens (tertiary/aromatic N) is 1. The van der Waals surface area contributed by atoms with Gasteiger partial charge in [-0.2, -0.15) is 0 Å². The smallest absolute Gasteiger partial charge is 0.419 e. The molecule has 0 unspecified atom stereocenters. The normalized spacial score (nSPS) is 20.0. The average molecular weight is 327 g/mol. The first-order valence-corrected chi connectivity index (χ1v) is 7.86. The number of hydrogen-bond donors (Lipinski definition) is 2. The summed E-state index contributed by atoms with van der Waals surface area (Å²) in [6.45, 7) is 5.39. The Morgan fingerprint density at radius 3 is 1.75 bits per heavy atom. The van der Waals surface area contributed by atoms with Gasteiger partial charge in [0.2, 0.25) is 0 Å². The Morgan fingerprint density at radius 1 is 0.917 bits per heavy atom. The van der Waals surface area contributed by atoms with E-state index in [9.17, 15) is 15.0 Å². The maximum Gasteiger partial charge on any atom is 0.419 e. The molecule has 1 heterocycles. The van der Waals surface area contributed by atoms with Crippen molar-refractivity contribution in [3.63, 3.8) is 0 Å². The van der Waals surface area contributed by atoms with E-state index in [1.807, 2.05) is 0 Å². The Morgan fingerprint density at radius 2 is 1.33 bits per heavy atom. The Hall–Kier alpha value is -2.37. The van der Waals surface area contributed by atoms with Gasteiger partial charge in [-0.05, 0) is 32.9 Å². The number of carbonyl (C=O) groups is 1. The highest BCUT2D eigenvalue weighted by atomic mass is 16.6. The highest BCUT2D eigenvalue weighted by molar-refractivity contribution is 5.98. The number of benzene rings is 2. The summed E-state index contributed by atoms with van der Waals surface area (Å²) in [7, 11) is 0.